The molecule has 0 bridgehead atoms. The van der Waals surface area contributed by atoms with E-state index in [0.717, 1.165) is 6.61 Å². The Labute approximate surface area is 75.5 Å². The van der Waals surface area contributed by atoms with Gasteiger partial charge in [0, 0.05) is 6.04 Å². The fourth-order valence-electron chi connectivity index (χ4n) is 1.83. The molecule has 0 saturated heterocycles. The molecule has 2 heteroatoms. The van der Waals surface area contributed by atoms with Gasteiger partial charge in [0.1, 0.15) is 0 Å². The van der Waals surface area contributed by atoms with Crippen molar-refractivity contribution in [3.63, 3.8) is 0 Å². The molecule has 0 aromatic rings. The molecule has 0 radical (unpaired) electrons. The molecule has 1 fully saturated rings. The smallest absolute Gasteiger partial charge is 0.0519 e. The molecule has 72 valence electrons. The first-order valence-electron chi connectivity index (χ1n) is 4.98. The molecule has 1 saturated carbocycles. The molecule has 0 amide bonds. The van der Waals surface area contributed by atoms with Gasteiger partial charge in [-0.2, -0.15) is 0 Å². The summed E-state index contributed by atoms with van der Waals surface area (Å²) >= 11 is 0. The highest BCUT2D eigenvalue weighted by Gasteiger charge is 2.30. The lowest BCUT2D eigenvalue weighted by molar-refractivity contribution is 0.0424. The maximum absolute atomic E-state index is 5.92. The van der Waals surface area contributed by atoms with Crippen LogP contribution in [0.2, 0.25) is 0 Å². The maximum Gasteiger partial charge on any atom is 0.0519 e. The molecule has 3 atom stereocenters. The molecule has 1 aliphatic rings. The summed E-state index contributed by atoms with van der Waals surface area (Å²) in [6.07, 6.45) is 2.77. The Hall–Kier alpha value is -0.0800. The number of rotatable bonds is 3. The predicted octanol–water partition coefficient (Wildman–Crippen LogP) is 1.78. The zero-order valence-corrected chi connectivity index (χ0v) is 8.42. The summed E-state index contributed by atoms with van der Waals surface area (Å²) in [5.74, 6) is 1.34. The van der Waals surface area contributed by atoms with E-state index in [1.807, 2.05) is 0 Å². The fourth-order valence-corrected chi connectivity index (χ4v) is 1.83. The third-order valence-corrected chi connectivity index (χ3v) is 2.93. The van der Waals surface area contributed by atoms with Gasteiger partial charge in [-0.25, -0.2) is 0 Å². The second-order valence-electron chi connectivity index (χ2n) is 4.24. The van der Waals surface area contributed by atoms with Crippen molar-refractivity contribution in [2.24, 2.45) is 17.6 Å². The number of hydrogen-bond donors (Lipinski definition) is 1. The van der Waals surface area contributed by atoms with Gasteiger partial charge in [0.15, 0.2) is 0 Å². The predicted molar refractivity (Wildman–Crippen MR) is 51.0 cm³/mol. The first kappa shape index (κ1) is 10.0. The first-order valence-corrected chi connectivity index (χ1v) is 4.98. The summed E-state index contributed by atoms with van der Waals surface area (Å²) < 4.78 is 5.59. The molecule has 0 aliphatic heterocycles. The van der Waals surface area contributed by atoms with Crippen molar-refractivity contribution in [1.82, 2.24) is 0 Å². The molecule has 0 aromatic carbocycles. The number of nitrogens with two attached hydrogens (primary N) is 1. The Bertz CT molecular complexity index is 136. The summed E-state index contributed by atoms with van der Waals surface area (Å²) in [4.78, 5) is 0. The molecule has 1 aliphatic carbocycles. The van der Waals surface area contributed by atoms with E-state index in [4.69, 9.17) is 10.5 Å². The van der Waals surface area contributed by atoms with Gasteiger partial charge in [-0.3, -0.25) is 0 Å². The Morgan fingerprint density at radius 1 is 1.42 bits per heavy atom. The molecule has 0 heterocycles. The minimum absolute atomic E-state index is 0.356. The van der Waals surface area contributed by atoms with Crippen LogP contribution in [-0.4, -0.2) is 18.8 Å². The zero-order valence-electron chi connectivity index (χ0n) is 8.42. The van der Waals surface area contributed by atoms with Crippen molar-refractivity contribution < 1.29 is 4.74 Å². The third kappa shape index (κ3) is 2.46. The normalized spacial score (nSPS) is 36.2. The van der Waals surface area contributed by atoms with Crippen LogP contribution in [0.15, 0.2) is 0 Å². The Morgan fingerprint density at radius 3 is 2.50 bits per heavy atom. The summed E-state index contributed by atoms with van der Waals surface area (Å²) in [6.45, 7) is 7.30. The van der Waals surface area contributed by atoms with Gasteiger partial charge in [-0.1, -0.05) is 6.92 Å². The lowest BCUT2D eigenvalue weighted by Gasteiger charge is -2.19. The van der Waals surface area contributed by atoms with Crippen LogP contribution in [0.5, 0.6) is 0 Å². The average molecular weight is 171 g/mol. The van der Waals surface area contributed by atoms with Crippen LogP contribution in [0.1, 0.15) is 33.6 Å². The molecular weight excluding hydrogens is 150 g/mol. The Morgan fingerprint density at radius 2 is 2.08 bits per heavy atom. The first-order chi connectivity index (χ1) is 5.61. The highest BCUT2D eigenvalue weighted by Crippen LogP contribution is 2.30. The molecule has 12 heavy (non-hydrogen) atoms. The molecule has 2 nitrogen and oxygen atoms in total. The van der Waals surface area contributed by atoms with Crippen LogP contribution in [0.25, 0.3) is 0 Å². The number of ether oxygens (including phenoxy) is 1. The Kier molecular flexibility index (Phi) is 3.53. The summed E-state index contributed by atoms with van der Waals surface area (Å²) in [6, 6.07) is 0.408. The van der Waals surface area contributed by atoms with E-state index in [-0.39, 0.29) is 0 Å². The molecule has 1 rings (SSSR count). The van der Waals surface area contributed by atoms with Crippen molar-refractivity contribution in [1.29, 1.82) is 0 Å². The van der Waals surface area contributed by atoms with Gasteiger partial charge in [0.25, 0.3) is 0 Å². The van der Waals surface area contributed by atoms with Crippen molar-refractivity contribution in [2.75, 3.05) is 6.61 Å². The third-order valence-electron chi connectivity index (χ3n) is 2.93. The SMILES string of the molecule is CC(C)OCC1CCC(N)C1C. The summed E-state index contributed by atoms with van der Waals surface area (Å²) in [5, 5.41) is 0. The van der Waals surface area contributed by atoms with Crippen molar-refractivity contribution in [2.45, 2.75) is 45.8 Å². The van der Waals surface area contributed by atoms with Crippen LogP contribution in [0, 0.1) is 11.8 Å². The van der Waals surface area contributed by atoms with Gasteiger partial charge in [-0.05, 0) is 38.5 Å². The largest absolute Gasteiger partial charge is 0.378 e. The van der Waals surface area contributed by atoms with Crippen LogP contribution < -0.4 is 5.73 Å². The lowest BCUT2D eigenvalue weighted by atomic mass is 9.97. The van der Waals surface area contributed by atoms with Gasteiger partial charge >= 0.3 is 0 Å². The van der Waals surface area contributed by atoms with Crippen molar-refractivity contribution >= 4 is 0 Å². The van der Waals surface area contributed by atoms with Crippen molar-refractivity contribution in [3.8, 4) is 0 Å². The van der Waals surface area contributed by atoms with E-state index in [1.54, 1.807) is 0 Å². The van der Waals surface area contributed by atoms with E-state index in [0.29, 0.717) is 24.0 Å². The lowest BCUT2D eigenvalue weighted by Crippen LogP contribution is -2.27. The van der Waals surface area contributed by atoms with Crippen LogP contribution >= 0.6 is 0 Å². The topological polar surface area (TPSA) is 35.2 Å². The van der Waals surface area contributed by atoms with Crippen LogP contribution in [0.3, 0.4) is 0 Å². The van der Waals surface area contributed by atoms with E-state index >= 15 is 0 Å². The molecule has 3 unspecified atom stereocenters. The monoisotopic (exact) mass is 171 g/mol. The minimum atomic E-state index is 0.356. The quantitative estimate of drug-likeness (QED) is 0.702. The second-order valence-corrected chi connectivity index (χ2v) is 4.24. The molecule has 0 spiro atoms. The van der Waals surface area contributed by atoms with Gasteiger partial charge in [0.2, 0.25) is 0 Å². The van der Waals surface area contributed by atoms with E-state index in [1.165, 1.54) is 12.8 Å². The highest BCUT2D eigenvalue weighted by molar-refractivity contribution is 4.84. The van der Waals surface area contributed by atoms with Gasteiger partial charge < -0.3 is 10.5 Å². The minimum Gasteiger partial charge on any atom is -0.378 e. The molecule has 2 N–H and O–H groups in total. The van der Waals surface area contributed by atoms with E-state index in [9.17, 15) is 0 Å². The maximum atomic E-state index is 5.92. The highest BCUT2D eigenvalue weighted by atomic mass is 16.5. The Balaban J connectivity index is 2.24. The number of hydrogen-bond acceptors (Lipinski definition) is 2. The van der Waals surface area contributed by atoms with E-state index < -0.39 is 0 Å². The van der Waals surface area contributed by atoms with Crippen molar-refractivity contribution in [3.05, 3.63) is 0 Å². The van der Waals surface area contributed by atoms with Crippen LogP contribution in [-0.2, 0) is 4.74 Å². The summed E-state index contributed by atoms with van der Waals surface area (Å²) in [5.41, 5.74) is 5.92. The summed E-state index contributed by atoms with van der Waals surface area (Å²) in [7, 11) is 0. The van der Waals surface area contributed by atoms with Gasteiger partial charge in [-0.15, -0.1) is 0 Å². The molecular formula is C10H21NO. The standard InChI is InChI=1S/C10H21NO/c1-7(2)12-6-9-4-5-10(11)8(9)3/h7-10H,4-6,11H2,1-3H3. The van der Waals surface area contributed by atoms with Gasteiger partial charge in [0.05, 0.1) is 12.7 Å². The fraction of sp³-hybridized carbons (Fsp3) is 1.00. The van der Waals surface area contributed by atoms with E-state index in [2.05, 4.69) is 20.8 Å². The zero-order chi connectivity index (χ0) is 9.14. The van der Waals surface area contributed by atoms with Crippen LogP contribution in [0.4, 0.5) is 0 Å². The molecule has 0 aromatic heterocycles. The average Bonchev–Trinajstić information content (AvgIpc) is 2.30. The second kappa shape index (κ2) is 4.24.